The Morgan fingerprint density at radius 2 is 2.26 bits per heavy atom. The summed E-state index contributed by atoms with van der Waals surface area (Å²) in [4.78, 5) is 13.1. The number of anilines is 1. The van der Waals surface area contributed by atoms with E-state index in [0.717, 1.165) is 35.5 Å². The van der Waals surface area contributed by atoms with Crippen molar-refractivity contribution in [2.45, 2.75) is 26.3 Å². The number of hydrogen-bond donors (Lipinski definition) is 1. The maximum Gasteiger partial charge on any atom is 0.180 e. The lowest BCUT2D eigenvalue weighted by Crippen LogP contribution is -2.04. The molecule has 0 aliphatic rings. The van der Waals surface area contributed by atoms with Crippen LogP contribution in [0.4, 0.5) is 5.13 Å². The summed E-state index contributed by atoms with van der Waals surface area (Å²) in [7, 11) is 0. The van der Waals surface area contributed by atoms with Gasteiger partial charge in [-0.05, 0) is 12.5 Å². The molecule has 3 aromatic rings. The van der Waals surface area contributed by atoms with Crippen LogP contribution in [0.25, 0.3) is 11.0 Å². The first-order valence-electron chi connectivity index (χ1n) is 6.27. The minimum atomic E-state index is 0.606. The first kappa shape index (κ1) is 12.1. The third-order valence-corrected chi connectivity index (χ3v) is 3.71. The number of aryl methyl sites for hydroxylation is 1. The Hall–Kier alpha value is -1.95. The van der Waals surface area contributed by atoms with E-state index in [1.165, 1.54) is 11.3 Å². The zero-order chi connectivity index (χ0) is 13.2. The summed E-state index contributed by atoms with van der Waals surface area (Å²) in [6.07, 6.45) is 5.39. The molecule has 0 fully saturated rings. The molecule has 0 unspecified atom stereocenters. The second-order valence-corrected chi connectivity index (χ2v) is 5.29. The van der Waals surface area contributed by atoms with Crippen molar-refractivity contribution in [2.75, 3.05) is 5.73 Å². The van der Waals surface area contributed by atoms with Crippen molar-refractivity contribution < 1.29 is 0 Å². The van der Waals surface area contributed by atoms with Gasteiger partial charge in [0.25, 0.3) is 0 Å². The molecule has 0 amide bonds. The Bertz CT molecular complexity index is 700. The molecule has 3 aromatic heterocycles. The normalized spacial score (nSPS) is 11.2. The van der Waals surface area contributed by atoms with Gasteiger partial charge in [0.2, 0.25) is 0 Å². The number of pyridine rings is 1. The molecule has 0 radical (unpaired) electrons. The monoisotopic (exact) mass is 273 g/mol. The highest BCUT2D eigenvalue weighted by Gasteiger charge is 2.12. The Labute approximate surface area is 115 Å². The van der Waals surface area contributed by atoms with Gasteiger partial charge < -0.3 is 10.3 Å². The van der Waals surface area contributed by atoms with Gasteiger partial charge in [-0.2, -0.15) is 0 Å². The van der Waals surface area contributed by atoms with E-state index >= 15 is 0 Å². The molecule has 6 heteroatoms. The van der Waals surface area contributed by atoms with Gasteiger partial charge in [0.15, 0.2) is 5.13 Å². The molecule has 0 aliphatic heterocycles. The third-order valence-electron chi connectivity index (χ3n) is 2.99. The van der Waals surface area contributed by atoms with Crippen LogP contribution in [0.2, 0.25) is 0 Å². The van der Waals surface area contributed by atoms with Gasteiger partial charge in [-0.1, -0.05) is 6.92 Å². The number of thiazole rings is 1. The quantitative estimate of drug-likeness (QED) is 0.792. The van der Waals surface area contributed by atoms with Crippen molar-refractivity contribution in [3.63, 3.8) is 0 Å². The average Bonchev–Trinajstić information content (AvgIpc) is 2.96. The standard InChI is InChI=1S/C13H15N5S/c1-2-5-18-11-3-4-15-7-10(11)17-12(18)6-9-8-19-13(14)16-9/h3-4,7-8H,2,5-6H2,1H3,(H2,14,16). The lowest BCUT2D eigenvalue weighted by atomic mass is 10.3. The Morgan fingerprint density at radius 3 is 3.00 bits per heavy atom. The van der Waals surface area contributed by atoms with Crippen LogP contribution in [0, 0.1) is 0 Å². The van der Waals surface area contributed by atoms with E-state index in [9.17, 15) is 0 Å². The molecule has 0 bridgehead atoms. The first-order chi connectivity index (χ1) is 9.28. The summed E-state index contributed by atoms with van der Waals surface area (Å²) >= 11 is 1.47. The van der Waals surface area contributed by atoms with Gasteiger partial charge in [0.05, 0.1) is 17.4 Å². The summed E-state index contributed by atoms with van der Waals surface area (Å²) in [6, 6.07) is 2.01. The summed E-state index contributed by atoms with van der Waals surface area (Å²) in [6.45, 7) is 3.12. The lowest BCUT2D eigenvalue weighted by molar-refractivity contribution is 0.662. The van der Waals surface area contributed by atoms with E-state index in [1.54, 1.807) is 12.4 Å². The summed E-state index contributed by atoms with van der Waals surface area (Å²) < 4.78 is 2.24. The van der Waals surface area contributed by atoms with Gasteiger partial charge in [-0.15, -0.1) is 11.3 Å². The number of imidazole rings is 1. The molecule has 0 spiro atoms. The van der Waals surface area contributed by atoms with E-state index in [2.05, 4.69) is 26.4 Å². The predicted octanol–water partition coefficient (Wildman–Crippen LogP) is 2.47. The van der Waals surface area contributed by atoms with Gasteiger partial charge in [-0.25, -0.2) is 9.97 Å². The molecule has 0 saturated heterocycles. The van der Waals surface area contributed by atoms with Gasteiger partial charge in [-0.3, -0.25) is 4.98 Å². The molecular weight excluding hydrogens is 258 g/mol. The number of aromatic nitrogens is 4. The highest BCUT2D eigenvalue weighted by molar-refractivity contribution is 7.13. The van der Waals surface area contributed by atoms with Crippen molar-refractivity contribution >= 4 is 27.5 Å². The molecule has 0 aromatic carbocycles. The fraction of sp³-hybridized carbons (Fsp3) is 0.308. The lowest BCUT2D eigenvalue weighted by Gasteiger charge is -2.06. The average molecular weight is 273 g/mol. The van der Waals surface area contributed by atoms with E-state index in [0.29, 0.717) is 11.6 Å². The number of fused-ring (bicyclic) bond motifs is 1. The highest BCUT2D eigenvalue weighted by Crippen LogP contribution is 2.19. The molecule has 0 aliphatic carbocycles. The fourth-order valence-electron chi connectivity index (χ4n) is 2.21. The Kier molecular flexibility index (Phi) is 3.16. The Balaban J connectivity index is 2.04. The van der Waals surface area contributed by atoms with Crippen LogP contribution in [0.5, 0.6) is 0 Å². The number of rotatable bonds is 4. The fourth-order valence-corrected chi connectivity index (χ4v) is 2.77. The zero-order valence-electron chi connectivity index (χ0n) is 10.7. The van der Waals surface area contributed by atoms with Crippen LogP contribution in [-0.2, 0) is 13.0 Å². The predicted molar refractivity (Wildman–Crippen MR) is 77.2 cm³/mol. The number of nitrogens with zero attached hydrogens (tertiary/aromatic N) is 4. The Morgan fingerprint density at radius 1 is 1.37 bits per heavy atom. The summed E-state index contributed by atoms with van der Waals surface area (Å²) in [5.74, 6) is 1.02. The molecule has 0 atom stereocenters. The first-order valence-corrected chi connectivity index (χ1v) is 7.15. The van der Waals surface area contributed by atoms with Crippen LogP contribution in [-0.4, -0.2) is 19.5 Å². The van der Waals surface area contributed by atoms with Crippen LogP contribution in [0.1, 0.15) is 24.9 Å². The number of nitrogen functional groups attached to an aromatic ring is 1. The second-order valence-electron chi connectivity index (χ2n) is 4.40. The maximum absolute atomic E-state index is 5.67. The van der Waals surface area contributed by atoms with E-state index in [1.807, 2.05) is 11.4 Å². The molecule has 5 nitrogen and oxygen atoms in total. The SMILES string of the molecule is CCCn1c(Cc2csc(N)n2)nc2cnccc21. The van der Waals surface area contributed by atoms with E-state index in [4.69, 9.17) is 5.73 Å². The second kappa shape index (κ2) is 4.97. The van der Waals surface area contributed by atoms with Crippen molar-refractivity contribution in [1.29, 1.82) is 0 Å². The van der Waals surface area contributed by atoms with Gasteiger partial charge in [0, 0.05) is 24.5 Å². The maximum atomic E-state index is 5.67. The van der Waals surface area contributed by atoms with Crippen molar-refractivity contribution in [3.05, 3.63) is 35.4 Å². The van der Waals surface area contributed by atoms with Crippen LogP contribution in [0.15, 0.2) is 23.8 Å². The highest BCUT2D eigenvalue weighted by atomic mass is 32.1. The minimum Gasteiger partial charge on any atom is -0.375 e. The number of hydrogen-bond acceptors (Lipinski definition) is 5. The largest absolute Gasteiger partial charge is 0.375 e. The number of nitrogens with two attached hydrogens (primary N) is 1. The van der Waals surface area contributed by atoms with Gasteiger partial charge in [0.1, 0.15) is 11.3 Å². The smallest absolute Gasteiger partial charge is 0.180 e. The zero-order valence-corrected chi connectivity index (χ0v) is 11.5. The molecule has 0 saturated carbocycles. The molecular formula is C13H15N5S. The van der Waals surface area contributed by atoms with Crippen molar-refractivity contribution in [2.24, 2.45) is 0 Å². The minimum absolute atomic E-state index is 0.606. The topological polar surface area (TPSA) is 69.6 Å². The van der Waals surface area contributed by atoms with Crippen LogP contribution < -0.4 is 5.73 Å². The molecule has 2 N–H and O–H groups in total. The molecule has 19 heavy (non-hydrogen) atoms. The van der Waals surface area contributed by atoms with Crippen molar-refractivity contribution in [1.82, 2.24) is 19.5 Å². The molecule has 98 valence electrons. The molecule has 3 heterocycles. The van der Waals surface area contributed by atoms with E-state index in [-0.39, 0.29) is 0 Å². The van der Waals surface area contributed by atoms with Gasteiger partial charge >= 0.3 is 0 Å². The summed E-state index contributed by atoms with van der Waals surface area (Å²) in [5, 5.41) is 2.60. The van der Waals surface area contributed by atoms with Crippen molar-refractivity contribution in [3.8, 4) is 0 Å². The van der Waals surface area contributed by atoms with E-state index < -0.39 is 0 Å². The third kappa shape index (κ3) is 2.31. The van der Waals surface area contributed by atoms with Crippen LogP contribution >= 0.6 is 11.3 Å². The van der Waals surface area contributed by atoms with Crippen LogP contribution in [0.3, 0.4) is 0 Å². The summed E-state index contributed by atoms with van der Waals surface area (Å²) in [5.41, 5.74) is 8.72. The molecule has 3 rings (SSSR count).